The van der Waals surface area contributed by atoms with Crippen molar-refractivity contribution in [2.24, 2.45) is 17.2 Å². The molecule has 0 saturated carbocycles. The van der Waals surface area contributed by atoms with Crippen molar-refractivity contribution in [3.63, 3.8) is 0 Å². The Balaban J connectivity index is 0.964. The van der Waals surface area contributed by atoms with Crippen LogP contribution in [0.25, 0.3) is 32.7 Å². The maximum Gasteiger partial charge on any atom is 0.328 e. The van der Waals surface area contributed by atoms with Crippen LogP contribution in [0.2, 0.25) is 0 Å². The monoisotopic (exact) mass is 1930 g/mol. The number of carboxylic acids is 2. The molecule has 46 heteroatoms. The van der Waals surface area contributed by atoms with Gasteiger partial charge in [-0.05, 0) is 124 Å². The van der Waals surface area contributed by atoms with E-state index in [4.69, 9.17) is 28.0 Å². The van der Waals surface area contributed by atoms with Crippen LogP contribution >= 0.6 is 0 Å². The number of benzene rings is 5. The highest BCUT2D eigenvalue weighted by atomic mass is 16.4. The van der Waals surface area contributed by atoms with Crippen LogP contribution in [0.1, 0.15) is 106 Å². The molecule has 0 bridgehead atoms. The third-order valence-electron chi connectivity index (χ3n) is 23.2. The number of aromatic amines is 3. The van der Waals surface area contributed by atoms with Crippen LogP contribution in [-0.4, -0.2) is 294 Å². The third kappa shape index (κ3) is 32.4. The van der Waals surface area contributed by atoms with Crippen LogP contribution in [0.15, 0.2) is 152 Å². The van der Waals surface area contributed by atoms with Gasteiger partial charge in [0.05, 0.1) is 31.8 Å². The molecule has 0 radical (unpaired) electrons. The van der Waals surface area contributed by atoms with E-state index < -0.39 is 223 Å². The number of aromatic nitrogens is 3. The number of unbranched alkanes of at least 4 members (excludes halogenated alkanes) is 1. The van der Waals surface area contributed by atoms with Crippen LogP contribution in [0.4, 0.5) is 0 Å². The molecule has 9 rings (SSSR count). The number of hydrogen-bond donors (Lipinski definition) is 29. The second-order valence-corrected chi connectivity index (χ2v) is 33.7. The highest BCUT2D eigenvalue weighted by molar-refractivity contribution is 6.02. The summed E-state index contributed by atoms with van der Waals surface area (Å²) in [6, 6.07) is 15.6. The lowest BCUT2D eigenvalue weighted by Gasteiger charge is -2.31. The normalized spacial score (nSPS) is 15.3. The number of H-pyrrole nitrogens is 3. The predicted octanol–water partition coefficient (Wildman–Crippen LogP) is -4.47. The Morgan fingerprint density at radius 2 is 0.770 bits per heavy atom. The number of amides is 14. The summed E-state index contributed by atoms with van der Waals surface area (Å²) in [5.74, 6) is -19.0. The number of carbonyl (C=O) groups is 16. The van der Waals surface area contributed by atoms with Gasteiger partial charge < -0.3 is 147 Å². The second kappa shape index (κ2) is 53.2. The molecule has 8 aromatic rings. The minimum Gasteiger partial charge on any atom is -0.480 e. The van der Waals surface area contributed by atoms with Crippen LogP contribution in [0, 0.1) is 10.8 Å². The average Bonchev–Trinajstić information content (AvgIpc) is 1.71. The van der Waals surface area contributed by atoms with Crippen LogP contribution in [0.5, 0.6) is 0 Å². The maximum absolute atomic E-state index is 15.5. The zero-order valence-electron chi connectivity index (χ0n) is 76.5. The molecule has 5 aromatic carbocycles. The third-order valence-corrected chi connectivity index (χ3v) is 23.2. The fourth-order valence-corrected chi connectivity index (χ4v) is 15.9. The van der Waals surface area contributed by atoms with Gasteiger partial charge in [-0.3, -0.25) is 77.9 Å². The molecule has 1 aliphatic rings. The van der Waals surface area contributed by atoms with Crippen molar-refractivity contribution in [3.8, 4) is 0 Å². The summed E-state index contributed by atoms with van der Waals surface area (Å²) in [4.78, 5) is 240. The number of nitrogens with two attached hydrogens (primary N) is 3. The number of rotatable bonds is 55. The first-order valence-electron chi connectivity index (χ1n) is 45.3. The summed E-state index contributed by atoms with van der Waals surface area (Å²) in [5.41, 5.74) is 21.3. The Morgan fingerprint density at radius 1 is 0.403 bits per heavy atom. The number of para-hydroxylation sites is 3. The molecule has 139 heavy (non-hydrogen) atoms. The lowest BCUT2D eigenvalue weighted by molar-refractivity contribution is -0.144. The number of aliphatic hydroxyl groups excluding tert-OH is 4. The number of hydrogen-bond acceptors (Lipinski definition) is 23. The van der Waals surface area contributed by atoms with E-state index in [0.717, 1.165) is 18.7 Å². The Labute approximate surface area is 797 Å². The van der Waals surface area contributed by atoms with E-state index in [1.54, 1.807) is 152 Å². The van der Waals surface area contributed by atoms with Gasteiger partial charge in [0.25, 0.3) is 0 Å². The molecule has 1 saturated heterocycles. The summed E-state index contributed by atoms with van der Waals surface area (Å²) in [6.07, 6.45) is -1.27. The number of fused-ring (bicyclic) bond motifs is 3. The SMILES string of the molecule is C[C@@H](O)[C@H](NC(=O)CNC(=O)C[C@H](NC(=O)[C@H](Cc1c[nH]c2ccccc12)NC(=O)[C@H](CCCCN)NC(=O)[C@H](Cc1ccccc1)NC(=O)CO)C(=O)N1CCC[C@H]1C(=O)N[C@@H](CCCNC(=N)N)C(=O)N[C@@H](CO)C(=O)O)C(=O)N[C@H](C(=O)N[C@@H](Cc1c[nH]c2ccccc12)C(=O)N[C@@H](Cc1ccccc1)C(=O)N[C@@H](CCCNC(=N)N)C(=O)N[C@@H](Cc1c[nH]c2ccccc12)C(=O)O)[C@@H](C)O. The topological polar surface area (TPSA) is 751 Å². The first-order chi connectivity index (χ1) is 66.5. The molecule has 0 unspecified atom stereocenters. The zero-order chi connectivity index (χ0) is 101. The van der Waals surface area contributed by atoms with Gasteiger partial charge in [-0.2, -0.15) is 0 Å². The average molecular weight is 1930 g/mol. The summed E-state index contributed by atoms with van der Waals surface area (Å²) < 4.78 is 0. The number of carboxylic acid groups (broad SMARTS) is 2. The van der Waals surface area contributed by atoms with E-state index >= 15 is 19.2 Å². The maximum atomic E-state index is 15.5. The van der Waals surface area contributed by atoms with Gasteiger partial charge in [-0.1, -0.05) is 115 Å². The Kier molecular flexibility index (Phi) is 41.0. The molecule has 15 atom stereocenters. The van der Waals surface area contributed by atoms with Crippen molar-refractivity contribution in [1.82, 2.24) is 99.6 Å². The highest BCUT2D eigenvalue weighted by Gasteiger charge is 2.43. The van der Waals surface area contributed by atoms with Crippen LogP contribution in [0.3, 0.4) is 0 Å². The van der Waals surface area contributed by atoms with E-state index in [1.807, 2.05) is 0 Å². The first kappa shape index (κ1) is 107. The largest absolute Gasteiger partial charge is 0.480 e. The molecule has 746 valence electrons. The van der Waals surface area contributed by atoms with Crippen molar-refractivity contribution in [3.05, 3.63) is 180 Å². The number of guanidine groups is 2. The number of likely N-dealkylation sites (tertiary alicyclic amines) is 1. The minimum atomic E-state index is -2.07. The van der Waals surface area contributed by atoms with Gasteiger partial charge in [-0.15, -0.1) is 0 Å². The molecule has 32 N–H and O–H groups in total. The van der Waals surface area contributed by atoms with E-state index in [-0.39, 0.29) is 110 Å². The summed E-state index contributed by atoms with van der Waals surface area (Å²) >= 11 is 0. The fraction of sp³-hybridized carbons (Fsp3) is 0.419. The van der Waals surface area contributed by atoms with Gasteiger partial charge in [0.2, 0.25) is 82.7 Å². The molecule has 0 spiro atoms. The molecular weight excluding hydrogens is 1810 g/mol. The summed E-state index contributed by atoms with van der Waals surface area (Å²) in [7, 11) is 0. The standard InChI is InChI=1S/C93H122N24O22/c1-50(120)77(88(134)116-78(51(2)121)87(133)111-69(41-55-45-102-61-28-13-10-25-58(55)61)84(130)109-67(39-53-22-7-4-8-23-53)83(129)107-64(31-17-35-99-92(95)96)80(126)113-71(90(136)137)42-56-46-103-62-29-14-11-26-59(56)62)115-75(123)47-104-74(122)43-70(89(135)117-37-19-33-73(117)86(132)108-65(32-18-36-100-93(97)98)81(127)114-72(48-118)91(138)139)112-85(131)68(40-54-44-101-60-27-12-9-24-57(54)60)110-79(125)63(30-15-16-34-94)106-82(128)66(105-76(124)49-119)38-52-20-5-3-6-21-52/h3-14,20-29,44-46,50-51,63-73,77-78,101-103,118-121H,15-19,30-43,47-49,94H2,1-2H3,(H,104,122)(H,105,124)(H,106,128)(H,107,129)(H,108,132)(H,109,130)(H,110,125)(H,111,133)(H,112,131)(H,113,126)(H,114,127)(H,115,123)(H,116,134)(H,136,137)(H,138,139)(H4,95,96,99)(H4,97,98,100)/t50-,51-,63+,64+,65+,66+,67+,68+,69+,70+,71+,72+,73+,77+,78+/m1/s1. The quantitative estimate of drug-likeness (QED) is 0.00971. The van der Waals surface area contributed by atoms with Crippen molar-refractivity contribution in [2.45, 2.75) is 201 Å². The van der Waals surface area contributed by atoms with E-state index in [2.05, 4.69) is 94.7 Å². The van der Waals surface area contributed by atoms with Gasteiger partial charge in [-0.25, -0.2) is 9.59 Å². The van der Waals surface area contributed by atoms with E-state index in [9.17, 15) is 88.2 Å². The Morgan fingerprint density at radius 3 is 1.20 bits per heavy atom. The molecule has 46 nitrogen and oxygen atoms in total. The van der Waals surface area contributed by atoms with Gasteiger partial charge >= 0.3 is 11.9 Å². The molecule has 1 fully saturated rings. The molecule has 3 aromatic heterocycles. The van der Waals surface area contributed by atoms with Gasteiger partial charge in [0, 0.05) is 103 Å². The van der Waals surface area contributed by atoms with Crippen LogP contribution in [-0.2, 0) is 109 Å². The molecule has 0 aliphatic carbocycles. The molecule has 1 aliphatic heterocycles. The van der Waals surface area contributed by atoms with Gasteiger partial charge in [0.1, 0.15) is 85.2 Å². The molecular formula is C93H122N24O22. The Bertz CT molecular complexity index is 5640. The predicted molar refractivity (Wildman–Crippen MR) is 506 cm³/mol. The summed E-state index contributed by atoms with van der Waals surface area (Å²) in [6.45, 7) is -1.11. The highest BCUT2D eigenvalue weighted by Crippen LogP contribution is 2.26. The first-order valence-corrected chi connectivity index (χ1v) is 45.3. The Hall–Kier alpha value is -15.4. The van der Waals surface area contributed by atoms with E-state index in [1.165, 1.54) is 0 Å². The molecule has 14 amide bonds. The molecule has 4 heterocycles. The van der Waals surface area contributed by atoms with Crippen molar-refractivity contribution in [2.75, 3.05) is 45.9 Å². The number of nitrogens with zero attached hydrogens (tertiary/aromatic N) is 1. The van der Waals surface area contributed by atoms with Crippen molar-refractivity contribution in [1.29, 1.82) is 10.8 Å². The number of nitrogens with one attached hydrogen (secondary N) is 20. The fourth-order valence-electron chi connectivity index (χ4n) is 15.9. The number of aliphatic carboxylic acids is 2. The van der Waals surface area contributed by atoms with Gasteiger partial charge in [0.15, 0.2) is 11.9 Å². The number of carbonyl (C=O) groups excluding carboxylic acids is 14. The minimum absolute atomic E-state index is 0.0207. The van der Waals surface area contributed by atoms with Crippen LogP contribution < -0.4 is 97.0 Å². The second-order valence-electron chi connectivity index (χ2n) is 33.7. The smallest absolute Gasteiger partial charge is 0.328 e. The summed E-state index contributed by atoms with van der Waals surface area (Å²) in [5, 5.41) is 117. The van der Waals surface area contributed by atoms with Crippen molar-refractivity contribution < 1.29 is 107 Å². The zero-order valence-corrected chi connectivity index (χ0v) is 76.5. The number of aliphatic hydroxyl groups is 4. The lowest BCUT2D eigenvalue weighted by Crippen LogP contribution is -2.63. The van der Waals surface area contributed by atoms with Crippen molar-refractivity contribution >= 4 is 139 Å². The lowest BCUT2D eigenvalue weighted by atomic mass is 10.0. The van der Waals surface area contributed by atoms with E-state index in [0.29, 0.717) is 66.9 Å².